The van der Waals surface area contributed by atoms with Gasteiger partial charge in [-0.15, -0.1) is 10.2 Å². The highest BCUT2D eigenvalue weighted by atomic mass is 19.1. The van der Waals surface area contributed by atoms with Gasteiger partial charge in [0.25, 0.3) is 0 Å². The van der Waals surface area contributed by atoms with E-state index in [-0.39, 0.29) is 5.82 Å². The number of ether oxygens (including phenoxy) is 1. The Kier molecular flexibility index (Phi) is 5.44. The summed E-state index contributed by atoms with van der Waals surface area (Å²) >= 11 is 0. The Labute approximate surface area is 182 Å². The maximum atomic E-state index is 13.9. The van der Waals surface area contributed by atoms with Gasteiger partial charge in [0.1, 0.15) is 11.5 Å². The summed E-state index contributed by atoms with van der Waals surface area (Å²) in [4.78, 5) is 2.40. The van der Waals surface area contributed by atoms with Crippen molar-refractivity contribution < 1.29 is 9.13 Å². The molecule has 1 aliphatic carbocycles. The molecule has 2 aromatic heterocycles. The van der Waals surface area contributed by atoms with Crippen LogP contribution in [0.25, 0.3) is 11.4 Å². The second kappa shape index (κ2) is 8.38. The number of fused-ring (bicyclic) bond motifs is 1. The van der Waals surface area contributed by atoms with E-state index < -0.39 is 0 Å². The second-order valence-electron chi connectivity index (χ2n) is 9.01. The maximum Gasteiger partial charge on any atom is 0.233 e. The van der Waals surface area contributed by atoms with Crippen LogP contribution in [-0.4, -0.2) is 44.6 Å². The Morgan fingerprint density at radius 1 is 1.06 bits per heavy atom. The van der Waals surface area contributed by atoms with E-state index in [9.17, 15) is 4.39 Å². The molecule has 0 amide bonds. The smallest absolute Gasteiger partial charge is 0.233 e. The number of rotatable bonds is 6. The van der Waals surface area contributed by atoms with Crippen LogP contribution in [0.2, 0.25) is 0 Å². The lowest BCUT2D eigenvalue weighted by Gasteiger charge is -2.19. The zero-order chi connectivity index (χ0) is 21.4. The quantitative estimate of drug-likeness (QED) is 0.605. The van der Waals surface area contributed by atoms with Gasteiger partial charge < -0.3 is 4.74 Å². The molecular formula is C24H28FN5O. The van der Waals surface area contributed by atoms with Crippen LogP contribution in [-0.2, 0) is 13.6 Å². The van der Waals surface area contributed by atoms with Crippen molar-refractivity contribution in [2.75, 3.05) is 19.7 Å². The van der Waals surface area contributed by atoms with Crippen LogP contribution in [0.4, 0.5) is 4.39 Å². The lowest BCUT2D eigenvalue weighted by Crippen LogP contribution is -2.23. The minimum atomic E-state index is -0.100. The molecule has 162 valence electrons. The maximum absolute atomic E-state index is 13.9. The van der Waals surface area contributed by atoms with Crippen LogP contribution in [0.1, 0.15) is 24.0 Å². The molecule has 3 heterocycles. The Balaban J connectivity index is 1.12. The Bertz CT molecular complexity index is 1020. The monoisotopic (exact) mass is 421 g/mol. The van der Waals surface area contributed by atoms with E-state index in [0.29, 0.717) is 36.8 Å². The number of aromatic nitrogens is 4. The van der Waals surface area contributed by atoms with Gasteiger partial charge in [-0.1, -0.05) is 18.2 Å². The molecule has 3 aromatic rings. The predicted molar refractivity (Wildman–Crippen MR) is 116 cm³/mol. The van der Waals surface area contributed by atoms with Crippen LogP contribution in [0, 0.1) is 30.5 Å². The molecule has 2 unspecified atom stereocenters. The molecule has 1 saturated carbocycles. The van der Waals surface area contributed by atoms with Gasteiger partial charge in [0.2, 0.25) is 5.88 Å². The lowest BCUT2D eigenvalue weighted by molar-refractivity contribution is 0.219. The molecule has 5 rings (SSSR count). The SMILES string of the molecule is Cc1cnn(C)c1-c1ccc(OCC2CC3CN(Cc4ccccc4F)CC3C2)nn1. The lowest BCUT2D eigenvalue weighted by atomic mass is 10.0. The summed E-state index contributed by atoms with van der Waals surface area (Å²) in [6.07, 6.45) is 4.16. The van der Waals surface area contributed by atoms with Crippen molar-refractivity contribution in [2.24, 2.45) is 24.8 Å². The average Bonchev–Trinajstić information content (AvgIpc) is 3.42. The van der Waals surface area contributed by atoms with Gasteiger partial charge in [-0.3, -0.25) is 9.58 Å². The zero-order valence-corrected chi connectivity index (χ0v) is 18.0. The normalized spacial score (nSPS) is 23.3. The minimum absolute atomic E-state index is 0.100. The standard InChI is InChI=1S/C24H28FN5O/c1-16-11-26-29(2)24(16)22-7-8-23(28-27-22)31-15-17-9-19-13-30(14-20(19)10-17)12-18-5-3-4-6-21(18)25/h3-8,11,17,19-20H,9-10,12-15H2,1-2H3. The first-order valence-corrected chi connectivity index (χ1v) is 11.0. The Morgan fingerprint density at radius 3 is 2.48 bits per heavy atom. The van der Waals surface area contributed by atoms with Crippen LogP contribution in [0.5, 0.6) is 5.88 Å². The van der Waals surface area contributed by atoms with E-state index in [2.05, 4.69) is 20.2 Å². The average molecular weight is 422 g/mol. The second-order valence-corrected chi connectivity index (χ2v) is 9.01. The summed E-state index contributed by atoms with van der Waals surface area (Å²) in [6.45, 7) is 5.50. The fourth-order valence-electron chi connectivity index (χ4n) is 5.30. The summed E-state index contributed by atoms with van der Waals surface area (Å²) < 4.78 is 21.7. The van der Waals surface area contributed by atoms with Gasteiger partial charge in [-0.2, -0.15) is 5.10 Å². The third-order valence-electron chi connectivity index (χ3n) is 6.75. The van der Waals surface area contributed by atoms with E-state index in [4.69, 9.17) is 4.74 Å². The van der Waals surface area contributed by atoms with Crippen molar-refractivity contribution in [3.63, 3.8) is 0 Å². The van der Waals surface area contributed by atoms with Crippen LogP contribution >= 0.6 is 0 Å². The van der Waals surface area contributed by atoms with Crippen LogP contribution < -0.4 is 4.74 Å². The highest BCUT2D eigenvalue weighted by molar-refractivity contribution is 5.58. The molecule has 7 heteroatoms. The number of likely N-dealkylation sites (tertiary alicyclic amines) is 1. The molecule has 0 radical (unpaired) electrons. The first-order chi connectivity index (χ1) is 15.1. The molecule has 2 aliphatic rings. The van der Waals surface area contributed by atoms with E-state index in [1.165, 1.54) is 0 Å². The summed E-state index contributed by atoms with van der Waals surface area (Å²) in [5.41, 5.74) is 3.65. The van der Waals surface area contributed by atoms with Gasteiger partial charge in [-0.25, -0.2) is 4.39 Å². The number of hydrogen-bond acceptors (Lipinski definition) is 5. The topological polar surface area (TPSA) is 56.1 Å². The van der Waals surface area contributed by atoms with Crippen molar-refractivity contribution in [1.29, 1.82) is 0 Å². The number of benzene rings is 1. The molecule has 1 aliphatic heterocycles. The van der Waals surface area contributed by atoms with Gasteiger partial charge >= 0.3 is 0 Å². The number of nitrogens with zero attached hydrogens (tertiary/aromatic N) is 5. The molecule has 1 aromatic carbocycles. The van der Waals surface area contributed by atoms with E-state index in [1.54, 1.807) is 12.1 Å². The molecular weight excluding hydrogens is 393 g/mol. The summed E-state index contributed by atoms with van der Waals surface area (Å²) in [7, 11) is 1.91. The first kappa shape index (κ1) is 20.1. The molecule has 2 fully saturated rings. The predicted octanol–water partition coefficient (Wildman–Crippen LogP) is 3.86. The van der Waals surface area contributed by atoms with Gasteiger partial charge in [-0.05, 0) is 55.2 Å². The third kappa shape index (κ3) is 4.19. The molecule has 6 nitrogen and oxygen atoms in total. The van der Waals surface area contributed by atoms with E-state index in [0.717, 1.165) is 48.4 Å². The highest BCUT2D eigenvalue weighted by Crippen LogP contribution is 2.42. The van der Waals surface area contributed by atoms with Crippen molar-refractivity contribution in [3.8, 4) is 17.3 Å². The number of aryl methyl sites for hydroxylation is 2. The van der Waals surface area contributed by atoms with Gasteiger partial charge in [0.05, 0.1) is 18.5 Å². The molecule has 0 spiro atoms. The summed E-state index contributed by atoms with van der Waals surface area (Å²) in [6, 6.07) is 10.9. The number of halogens is 1. The first-order valence-electron chi connectivity index (χ1n) is 11.0. The summed E-state index contributed by atoms with van der Waals surface area (Å²) in [5, 5.41) is 12.8. The van der Waals surface area contributed by atoms with Gasteiger partial charge in [0.15, 0.2) is 0 Å². The molecule has 0 bridgehead atoms. The van der Waals surface area contributed by atoms with Crippen molar-refractivity contribution >= 4 is 0 Å². The zero-order valence-electron chi connectivity index (χ0n) is 18.0. The van der Waals surface area contributed by atoms with Crippen molar-refractivity contribution in [1.82, 2.24) is 24.9 Å². The molecule has 2 atom stereocenters. The largest absolute Gasteiger partial charge is 0.476 e. The summed E-state index contributed by atoms with van der Waals surface area (Å²) in [5.74, 6) is 2.38. The fraction of sp³-hybridized carbons (Fsp3) is 0.458. The van der Waals surface area contributed by atoms with Crippen LogP contribution in [0.3, 0.4) is 0 Å². The Morgan fingerprint density at radius 2 is 1.84 bits per heavy atom. The van der Waals surface area contributed by atoms with Crippen LogP contribution in [0.15, 0.2) is 42.6 Å². The fourth-order valence-corrected chi connectivity index (χ4v) is 5.30. The molecule has 31 heavy (non-hydrogen) atoms. The van der Waals surface area contributed by atoms with Crippen molar-refractivity contribution in [3.05, 3.63) is 59.5 Å². The van der Waals surface area contributed by atoms with Crippen molar-refractivity contribution in [2.45, 2.75) is 26.3 Å². The molecule has 1 saturated heterocycles. The van der Waals surface area contributed by atoms with E-state index >= 15 is 0 Å². The van der Waals surface area contributed by atoms with E-state index in [1.807, 2.05) is 49.1 Å². The molecule has 0 N–H and O–H groups in total. The minimum Gasteiger partial charge on any atom is -0.476 e. The number of hydrogen-bond donors (Lipinski definition) is 0. The van der Waals surface area contributed by atoms with Gasteiger partial charge in [0, 0.05) is 38.3 Å². The highest BCUT2D eigenvalue weighted by Gasteiger charge is 2.41. The Hall–Kier alpha value is -2.80. The third-order valence-corrected chi connectivity index (χ3v) is 6.75.